The van der Waals surface area contributed by atoms with Gasteiger partial charge in [0.05, 0.1) is 11.0 Å². The third-order valence-electron chi connectivity index (χ3n) is 4.34. The van der Waals surface area contributed by atoms with E-state index in [1.165, 1.54) is 0 Å². The summed E-state index contributed by atoms with van der Waals surface area (Å²) >= 11 is 0. The molecule has 2 aromatic heterocycles. The number of anilines is 1. The van der Waals surface area contributed by atoms with E-state index in [1.54, 1.807) is 6.20 Å². The Bertz CT molecular complexity index is 830. The maximum atomic E-state index is 12.3. The van der Waals surface area contributed by atoms with Gasteiger partial charge in [0, 0.05) is 25.3 Å². The molecule has 0 radical (unpaired) electrons. The summed E-state index contributed by atoms with van der Waals surface area (Å²) in [5, 5.41) is 8.09. The number of imidazole rings is 1. The van der Waals surface area contributed by atoms with E-state index in [2.05, 4.69) is 20.1 Å². The van der Waals surface area contributed by atoms with Crippen molar-refractivity contribution in [3.63, 3.8) is 0 Å². The van der Waals surface area contributed by atoms with Gasteiger partial charge in [0.25, 0.3) is 0 Å². The number of nitrogens with zero attached hydrogens (tertiary/aromatic N) is 4. The van der Waals surface area contributed by atoms with E-state index in [9.17, 15) is 4.79 Å². The molecular weight excluding hydrogens is 278 g/mol. The molecule has 1 aliphatic heterocycles. The van der Waals surface area contributed by atoms with Crippen molar-refractivity contribution in [3.05, 3.63) is 53.1 Å². The number of aromatic nitrogens is 4. The van der Waals surface area contributed by atoms with E-state index in [1.807, 2.05) is 41.0 Å². The third kappa shape index (κ3) is 2.16. The van der Waals surface area contributed by atoms with Gasteiger partial charge in [0.2, 0.25) is 0 Å². The second-order valence-corrected chi connectivity index (χ2v) is 5.62. The lowest BCUT2D eigenvalue weighted by atomic mass is 10.0. The lowest BCUT2D eigenvalue weighted by Crippen LogP contribution is -2.37. The van der Waals surface area contributed by atoms with Crippen molar-refractivity contribution in [2.45, 2.75) is 18.9 Å². The Morgan fingerprint density at radius 1 is 1.09 bits per heavy atom. The number of piperidine rings is 1. The van der Waals surface area contributed by atoms with Gasteiger partial charge >= 0.3 is 5.69 Å². The van der Waals surface area contributed by atoms with E-state index in [0.29, 0.717) is 0 Å². The highest BCUT2D eigenvalue weighted by atomic mass is 16.1. The predicted octanol–water partition coefficient (Wildman–Crippen LogP) is 1.96. The molecular formula is C16H17N5O. The van der Waals surface area contributed by atoms with Gasteiger partial charge in [-0.1, -0.05) is 12.1 Å². The summed E-state index contributed by atoms with van der Waals surface area (Å²) in [6, 6.07) is 12.0. The van der Waals surface area contributed by atoms with E-state index >= 15 is 0 Å². The quantitative estimate of drug-likeness (QED) is 0.785. The second kappa shape index (κ2) is 5.29. The number of fused-ring (bicyclic) bond motifs is 1. The van der Waals surface area contributed by atoms with Crippen LogP contribution in [0.3, 0.4) is 0 Å². The molecule has 0 saturated carbocycles. The molecule has 0 aliphatic carbocycles. The first kappa shape index (κ1) is 13.1. The van der Waals surface area contributed by atoms with E-state index in [-0.39, 0.29) is 11.7 Å². The fourth-order valence-corrected chi connectivity index (χ4v) is 3.25. The number of nitrogens with one attached hydrogen (secondary N) is 1. The average molecular weight is 295 g/mol. The number of aromatic amines is 1. The van der Waals surface area contributed by atoms with Crippen molar-refractivity contribution >= 4 is 16.9 Å². The summed E-state index contributed by atoms with van der Waals surface area (Å²) in [5.74, 6) is 0.909. The van der Waals surface area contributed by atoms with Crippen LogP contribution >= 0.6 is 0 Å². The normalized spacial score (nSPS) is 16.3. The molecule has 1 saturated heterocycles. The van der Waals surface area contributed by atoms with Gasteiger partial charge in [-0.25, -0.2) is 4.79 Å². The Balaban J connectivity index is 1.58. The van der Waals surface area contributed by atoms with E-state index in [0.717, 1.165) is 42.8 Å². The monoisotopic (exact) mass is 295 g/mol. The van der Waals surface area contributed by atoms with Gasteiger partial charge in [0.1, 0.15) is 0 Å². The Morgan fingerprint density at radius 2 is 1.91 bits per heavy atom. The topological polar surface area (TPSA) is 66.8 Å². The van der Waals surface area contributed by atoms with Crippen LogP contribution in [0.5, 0.6) is 0 Å². The summed E-state index contributed by atoms with van der Waals surface area (Å²) < 4.78 is 1.91. The van der Waals surface area contributed by atoms with Crippen molar-refractivity contribution in [1.29, 1.82) is 0 Å². The molecule has 3 heterocycles. The summed E-state index contributed by atoms with van der Waals surface area (Å²) in [6.07, 6.45) is 3.54. The predicted molar refractivity (Wildman–Crippen MR) is 85.1 cm³/mol. The van der Waals surface area contributed by atoms with Crippen molar-refractivity contribution in [2.75, 3.05) is 18.0 Å². The zero-order chi connectivity index (χ0) is 14.9. The average Bonchev–Trinajstić information content (AvgIpc) is 2.91. The smallest absolute Gasteiger partial charge is 0.326 e. The fraction of sp³-hybridized carbons (Fsp3) is 0.312. The van der Waals surface area contributed by atoms with Crippen molar-refractivity contribution in [2.24, 2.45) is 0 Å². The largest absolute Gasteiger partial charge is 0.355 e. The van der Waals surface area contributed by atoms with Gasteiger partial charge in [-0.15, -0.1) is 5.10 Å². The van der Waals surface area contributed by atoms with Gasteiger partial charge in [-0.2, -0.15) is 5.10 Å². The standard InChI is InChI=1S/C16H17N5O/c22-16-18-13-4-1-2-5-14(13)21(16)12-7-10-20(11-8-12)15-6-3-9-17-19-15/h1-6,9,12H,7-8,10-11H2,(H,18,22). The molecule has 1 aromatic carbocycles. The first-order valence-electron chi connectivity index (χ1n) is 7.55. The minimum Gasteiger partial charge on any atom is -0.355 e. The SMILES string of the molecule is O=c1[nH]c2ccccc2n1C1CCN(c2cccnn2)CC1. The van der Waals surface area contributed by atoms with Gasteiger partial charge in [-0.3, -0.25) is 4.57 Å². The molecule has 6 heteroatoms. The molecule has 4 rings (SSSR count). The second-order valence-electron chi connectivity index (χ2n) is 5.62. The maximum absolute atomic E-state index is 12.3. The Kier molecular flexibility index (Phi) is 3.14. The minimum atomic E-state index is -0.0147. The lowest BCUT2D eigenvalue weighted by Gasteiger charge is -2.32. The zero-order valence-corrected chi connectivity index (χ0v) is 12.1. The van der Waals surface area contributed by atoms with Gasteiger partial charge in [-0.05, 0) is 37.1 Å². The number of benzene rings is 1. The number of hydrogen-bond acceptors (Lipinski definition) is 4. The molecule has 22 heavy (non-hydrogen) atoms. The first-order valence-corrected chi connectivity index (χ1v) is 7.55. The van der Waals surface area contributed by atoms with Crippen molar-refractivity contribution in [1.82, 2.24) is 19.7 Å². The number of rotatable bonds is 2. The third-order valence-corrected chi connectivity index (χ3v) is 4.34. The van der Waals surface area contributed by atoms with Crippen LogP contribution in [-0.2, 0) is 0 Å². The molecule has 0 bridgehead atoms. The van der Waals surface area contributed by atoms with Gasteiger partial charge < -0.3 is 9.88 Å². The maximum Gasteiger partial charge on any atom is 0.326 e. The van der Waals surface area contributed by atoms with Crippen LogP contribution in [0.15, 0.2) is 47.4 Å². The van der Waals surface area contributed by atoms with Crippen LogP contribution in [0.4, 0.5) is 5.82 Å². The van der Waals surface area contributed by atoms with E-state index < -0.39 is 0 Å². The summed E-state index contributed by atoms with van der Waals surface area (Å²) in [5.41, 5.74) is 1.88. The fourth-order valence-electron chi connectivity index (χ4n) is 3.25. The highest BCUT2D eigenvalue weighted by Gasteiger charge is 2.24. The van der Waals surface area contributed by atoms with Crippen LogP contribution in [0.2, 0.25) is 0 Å². The highest BCUT2D eigenvalue weighted by Crippen LogP contribution is 2.26. The van der Waals surface area contributed by atoms with Crippen LogP contribution in [0.1, 0.15) is 18.9 Å². The lowest BCUT2D eigenvalue weighted by molar-refractivity contribution is 0.395. The number of para-hydroxylation sites is 2. The summed E-state index contributed by atoms with van der Waals surface area (Å²) in [7, 11) is 0. The number of hydrogen-bond donors (Lipinski definition) is 1. The molecule has 0 atom stereocenters. The Labute approximate surface area is 127 Å². The molecule has 1 aliphatic rings. The summed E-state index contributed by atoms with van der Waals surface area (Å²) in [6.45, 7) is 1.77. The Morgan fingerprint density at radius 3 is 2.68 bits per heavy atom. The molecule has 0 amide bonds. The molecule has 112 valence electrons. The molecule has 1 N–H and O–H groups in total. The molecule has 6 nitrogen and oxygen atoms in total. The number of H-pyrrole nitrogens is 1. The molecule has 3 aromatic rings. The van der Waals surface area contributed by atoms with Crippen LogP contribution in [-0.4, -0.2) is 32.8 Å². The van der Waals surface area contributed by atoms with Crippen LogP contribution < -0.4 is 10.6 Å². The molecule has 1 fully saturated rings. The van der Waals surface area contributed by atoms with Gasteiger partial charge in [0.15, 0.2) is 5.82 Å². The first-order chi connectivity index (χ1) is 10.8. The Hall–Kier alpha value is -2.63. The summed E-state index contributed by atoms with van der Waals surface area (Å²) in [4.78, 5) is 17.4. The van der Waals surface area contributed by atoms with E-state index in [4.69, 9.17) is 0 Å². The van der Waals surface area contributed by atoms with Crippen LogP contribution in [0.25, 0.3) is 11.0 Å². The van der Waals surface area contributed by atoms with Crippen LogP contribution in [0, 0.1) is 0 Å². The molecule has 0 spiro atoms. The van der Waals surface area contributed by atoms with Crippen molar-refractivity contribution in [3.8, 4) is 0 Å². The zero-order valence-electron chi connectivity index (χ0n) is 12.1. The molecule has 0 unspecified atom stereocenters. The highest BCUT2D eigenvalue weighted by molar-refractivity contribution is 5.75. The van der Waals surface area contributed by atoms with Crippen molar-refractivity contribution < 1.29 is 0 Å². The minimum absolute atomic E-state index is 0.0147.